The van der Waals surface area contributed by atoms with Gasteiger partial charge in [-0.2, -0.15) is 5.10 Å². The Kier molecular flexibility index (Phi) is 2.00. The van der Waals surface area contributed by atoms with Crippen molar-refractivity contribution in [2.45, 2.75) is 34.6 Å². The summed E-state index contributed by atoms with van der Waals surface area (Å²) in [7, 11) is 0. The quantitative estimate of drug-likeness (QED) is 0.714. The fourth-order valence-electron chi connectivity index (χ4n) is 1.97. The molecule has 0 unspecified atom stereocenters. The minimum absolute atomic E-state index is 0.862. The Balaban J connectivity index is 3.06. The minimum Gasteiger partial charge on any atom is -0.397 e. The number of nitrogen functional groups attached to an aromatic ring is 1. The molecule has 0 aliphatic carbocycles. The zero-order valence-corrected chi connectivity index (χ0v) is 9.97. The predicted molar refractivity (Wildman–Crippen MR) is 63.3 cm³/mol. The molecule has 3 heteroatoms. The van der Waals surface area contributed by atoms with Gasteiger partial charge in [0.1, 0.15) is 0 Å². The Morgan fingerprint density at radius 1 is 0.933 bits per heavy atom. The van der Waals surface area contributed by atoms with E-state index in [1.807, 2.05) is 18.4 Å². The summed E-state index contributed by atoms with van der Waals surface area (Å²) in [5, 5.41) is 4.55. The lowest BCUT2D eigenvalue weighted by Crippen LogP contribution is -2.02. The van der Waals surface area contributed by atoms with Crippen LogP contribution < -0.4 is 5.73 Å². The second kappa shape index (κ2) is 2.99. The number of anilines is 1. The molecule has 15 heavy (non-hydrogen) atoms. The third kappa shape index (κ3) is 1.16. The van der Waals surface area contributed by atoms with Crippen LogP contribution in [0.3, 0.4) is 0 Å². The van der Waals surface area contributed by atoms with Gasteiger partial charge in [-0.15, -0.1) is 0 Å². The van der Waals surface area contributed by atoms with E-state index in [9.17, 15) is 0 Å². The van der Waals surface area contributed by atoms with Crippen LogP contribution in [-0.4, -0.2) is 9.61 Å². The first-order valence-corrected chi connectivity index (χ1v) is 5.16. The number of hydrogen-bond acceptors (Lipinski definition) is 2. The maximum atomic E-state index is 6.10. The van der Waals surface area contributed by atoms with E-state index in [0.29, 0.717) is 0 Å². The van der Waals surface area contributed by atoms with E-state index in [1.165, 1.54) is 11.1 Å². The van der Waals surface area contributed by atoms with Crippen LogP contribution in [0.15, 0.2) is 0 Å². The Morgan fingerprint density at radius 2 is 1.53 bits per heavy atom. The van der Waals surface area contributed by atoms with E-state index in [2.05, 4.69) is 25.9 Å². The standard InChI is InChI=1S/C12H17N3/c1-6-7(2)12-11(13)8(3)10(5)15(12)14-9(6)4/h13H2,1-5H3. The van der Waals surface area contributed by atoms with Gasteiger partial charge in [0.25, 0.3) is 0 Å². The van der Waals surface area contributed by atoms with Crippen LogP contribution in [0.1, 0.15) is 28.1 Å². The highest BCUT2D eigenvalue weighted by Crippen LogP contribution is 2.28. The van der Waals surface area contributed by atoms with Crippen molar-refractivity contribution in [2.75, 3.05) is 5.73 Å². The van der Waals surface area contributed by atoms with Crippen molar-refractivity contribution in [2.24, 2.45) is 0 Å². The molecule has 0 aliphatic rings. The largest absolute Gasteiger partial charge is 0.397 e. The smallest absolute Gasteiger partial charge is 0.0913 e. The molecular formula is C12H17N3. The van der Waals surface area contributed by atoms with Crippen molar-refractivity contribution in [1.29, 1.82) is 0 Å². The van der Waals surface area contributed by atoms with Crippen LogP contribution in [0.5, 0.6) is 0 Å². The minimum atomic E-state index is 0.862. The third-order valence-corrected chi connectivity index (χ3v) is 3.44. The summed E-state index contributed by atoms with van der Waals surface area (Å²) in [4.78, 5) is 0. The van der Waals surface area contributed by atoms with Gasteiger partial charge in [-0.3, -0.25) is 0 Å². The highest BCUT2D eigenvalue weighted by Gasteiger charge is 2.14. The summed E-state index contributed by atoms with van der Waals surface area (Å²) in [6.07, 6.45) is 0. The number of rotatable bonds is 0. The van der Waals surface area contributed by atoms with Crippen molar-refractivity contribution < 1.29 is 0 Å². The first kappa shape index (κ1) is 10.0. The molecule has 0 spiro atoms. The summed E-state index contributed by atoms with van der Waals surface area (Å²) in [6.45, 7) is 10.3. The molecule has 2 N–H and O–H groups in total. The fourth-order valence-corrected chi connectivity index (χ4v) is 1.97. The maximum absolute atomic E-state index is 6.10. The van der Waals surface area contributed by atoms with Crippen molar-refractivity contribution in [3.63, 3.8) is 0 Å². The number of nitrogens with zero attached hydrogens (tertiary/aromatic N) is 2. The van der Waals surface area contributed by atoms with Crippen LogP contribution in [0.25, 0.3) is 5.52 Å². The van der Waals surface area contributed by atoms with E-state index < -0.39 is 0 Å². The Morgan fingerprint density at radius 3 is 2.13 bits per heavy atom. The lowest BCUT2D eigenvalue weighted by atomic mass is 10.1. The highest BCUT2D eigenvalue weighted by atomic mass is 15.2. The van der Waals surface area contributed by atoms with E-state index in [0.717, 1.165) is 28.2 Å². The van der Waals surface area contributed by atoms with Crippen LogP contribution in [0, 0.1) is 34.6 Å². The summed E-state index contributed by atoms with van der Waals surface area (Å²) >= 11 is 0. The second-order valence-corrected chi connectivity index (χ2v) is 4.22. The molecule has 0 amide bonds. The first-order chi connectivity index (χ1) is 6.95. The molecule has 3 nitrogen and oxygen atoms in total. The Labute approximate surface area is 89.9 Å². The van der Waals surface area contributed by atoms with Gasteiger partial charge in [0, 0.05) is 5.69 Å². The summed E-state index contributed by atoms with van der Waals surface area (Å²) in [6, 6.07) is 0. The van der Waals surface area contributed by atoms with Gasteiger partial charge in [-0.05, 0) is 51.3 Å². The lowest BCUT2D eigenvalue weighted by Gasteiger charge is -2.08. The average Bonchev–Trinajstić information content (AvgIpc) is 2.40. The number of fused-ring (bicyclic) bond motifs is 1. The molecule has 0 aromatic carbocycles. The summed E-state index contributed by atoms with van der Waals surface area (Å²) < 4.78 is 1.96. The molecule has 80 valence electrons. The number of nitrogens with two attached hydrogens (primary N) is 1. The predicted octanol–water partition coefficient (Wildman–Crippen LogP) is 2.46. The molecule has 0 radical (unpaired) electrons. The number of aryl methyl sites for hydroxylation is 3. The molecule has 0 bridgehead atoms. The zero-order valence-electron chi connectivity index (χ0n) is 9.97. The van der Waals surface area contributed by atoms with Gasteiger partial charge >= 0.3 is 0 Å². The highest BCUT2D eigenvalue weighted by molar-refractivity contribution is 5.79. The number of aromatic nitrogens is 2. The SMILES string of the molecule is Cc1nn2c(C)c(C)c(N)c2c(C)c1C. The van der Waals surface area contributed by atoms with Crippen molar-refractivity contribution in [1.82, 2.24) is 9.61 Å². The van der Waals surface area contributed by atoms with E-state index in [-0.39, 0.29) is 0 Å². The van der Waals surface area contributed by atoms with Gasteiger partial charge in [0.05, 0.1) is 16.9 Å². The molecule has 2 heterocycles. The molecule has 0 atom stereocenters. The molecule has 2 aromatic rings. The average molecular weight is 203 g/mol. The third-order valence-electron chi connectivity index (χ3n) is 3.44. The van der Waals surface area contributed by atoms with Gasteiger partial charge in [0.2, 0.25) is 0 Å². The monoisotopic (exact) mass is 203 g/mol. The van der Waals surface area contributed by atoms with E-state index in [1.54, 1.807) is 0 Å². The summed E-state index contributed by atoms with van der Waals surface area (Å²) in [5.41, 5.74) is 13.8. The van der Waals surface area contributed by atoms with Crippen molar-refractivity contribution in [3.05, 3.63) is 28.1 Å². The molecule has 2 aromatic heterocycles. The first-order valence-electron chi connectivity index (χ1n) is 5.16. The fraction of sp³-hybridized carbons (Fsp3) is 0.417. The van der Waals surface area contributed by atoms with Gasteiger partial charge in [0.15, 0.2) is 0 Å². The van der Waals surface area contributed by atoms with Crippen molar-refractivity contribution >= 4 is 11.2 Å². The molecular weight excluding hydrogens is 186 g/mol. The molecule has 2 rings (SSSR count). The Hall–Kier alpha value is -1.51. The normalized spacial score (nSPS) is 11.3. The van der Waals surface area contributed by atoms with Gasteiger partial charge in [-0.25, -0.2) is 4.52 Å². The number of hydrogen-bond donors (Lipinski definition) is 1. The molecule has 0 saturated carbocycles. The van der Waals surface area contributed by atoms with E-state index in [4.69, 9.17) is 5.73 Å². The van der Waals surface area contributed by atoms with Gasteiger partial charge in [-0.1, -0.05) is 0 Å². The van der Waals surface area contributed by atoms with Crippen LogP contribution >= 0.6 is 0 Å². The van der Waals surface area contributed by atoms with E-state index >= 15 is 0 Å². The van der Waals surface area contributed by atoms with Crippen LogP contribution in [0.2, 0.25) is 0 Å². The van der Waals surface area contributed by atoms with Crippen LogP contribution in [0.4, 0.5) is 5.69 Å². The van der Waals surface area contributed by atoms with Crippen LogP contribution in [-0.2, 0) is 0 Å². The maximum Gasteiger partial charge on any atom is 0.0913 e. The van der Waals surface area contributed by atoms with Crippen molar-refractivity contribution in [3.8, 4) is 0 Å². The molecule has 0 aliphatic heterocycles. The summed E-state index contributed by atoms with van der Waals surface area (Å²) in [5.74, 6) is 0. The lowest BCUT2D eigenvalue weighted by molar-refractivity contribution is 0.853. The topological polar surface area (TPSA) is 43.3 Å². The molecule has 0 saturated heterocycles. The molecule has 0 fully saturated rings. The van der Waals surface area contributed by atoms with Gasteiger partial charge < -0.3 is 5.73 Å². The zero-order chi connectivity index (χ0) is 11.3. The Bertz CT molecular complexity index is 550. The second-order valence-electron chi connectivity index (χ2n) is 4.22.